The number of aryl methyl sites for hydroxylation is 1. The number of benzene rings is 2. The van der Waals surface area contributed by atoms with Crippen LogP contribution in [0.25, 0.3) is 0 Å². The number of esters is 1. The first-order valence-corrected chi connectivity index (χ1v) is 8.32. The highest BCUT2D eigenvalue weighted by atomic mass is 32.2. The summed E-state index contributed by atoms with van der Waals surface area (Å²) in [6.45, 7) is 1.77. The molecule has 0 aliphatic carbocycles. The summed E-state index contributed by atoms with van der Waals surface area (Å²) in [7, 11) is -1.73. The first-order valence-electron chi connectivity index (χ1n) is 6.84. The number of sulfonamides is 1. The molecule has 0 radical (unpaired) electrons. The van der Waals surface area contributed by atoms with Gasteiger partial charge in [0.05, 0.1) is 25.5 Å². The second kappa shape index (κ2) is 6.88. The van der Waals surface area contributed by atoms with E-state index in [2.05, 4.69) is 9.46 Å². The van der Waals surface area contributed by atoms with Crippen LogP contribution in [-0.4, -0.2) is 28.6 Å². The van der Waals surface area contributed by atoms with E-state index in [4.69, 9.17) is 4.74 Å². The van der Waals surface area contributed by atoms with E-state index in [0.29, 0.717) is 0 Å². The van der Waals surface area contributed by atoms with Gasteiger partial charge in [-0.05, 0) is 42.8 Å². The van der Waals surface area contributed by atoms with Crippen LogP contribution in [0.2, 0.25) is 0 Å². The van der Waals surface area contributed by atoms with Crippen molar-refractivity contribution in [3.63, 3.8) is 0 Å². The predicted molar refractivity (Wildman–Crippen MR) is 86.3 cm³/mol. The van der Waals surface area contributed by atoms with Gasteiger partial charge >= 0.3 is 5.97 Å². The molecule has 0 saturated carbocycles. The molecule has 0 fully saturated rings. The maximum atomic E-state index is 14.0. The highest BCUT2D eigenvalue weighted by molar-refractivity contribution is 7.92. The third-order valence-electron chi connectivity index (χ3n) is 3.24. The summed E-state index contributed by atoms with van der Waals surface area (Å²) in [5.74, 6) is -1.46. The number of carbonyl (C=O) groups is 1. The van der Waals surface area contributed by atoms with Gasteiger partial charge in [0.1, 0.15) is 16.5 Å². The molecule has 0 atom stereocenters. The van der Waals surface area contributed by atoms with Crippen LogP contribution < -0.4 is 9.46 Å². The average Bonchev–Trinajstić information content (AvgIpc) is 2.54. The standard InChI is InChI=1S/C16H16FNO5S/c1-10-4-7-14(22-2)13(8-10)18-24(20,21)15-9-11(16(19)23-3)5-6-12(15)17/h4-9,18H,1-3H3. The van der Waals surface area contributed by atoms with Crippen LogP contribution in [0.4, 0.5) is 10.1 Å². The summed E-state index contributed by atoms with van der Waals surface area (Å²) in [5.41, 5.74) is 0.883. The molecular formula is C16H16FNO5S. The molecule has 128 valence electrons. The lowest BCUT2D eigenvalue weighted by Crippen LogP contribution is -2.16. The molecule has 0 unspecified atom stereocenters. The van der Waals surface area contributed by atoms with Crippen molar-refractivity contribution in [3.05, 3.63) is 53.3 Å². The number of carbonyl (C=O) groups excluding carboxylic acids is 1. The fourth-order valence-electron chi connectivity index (χ4n) is 2.06. The Morgan fingerprint density at radius 1 is 1.12 bits per heavy atom. The van der Waals surface area contributed by atoms with Gasteiger partial charge in [-0.3, -0.25) is 4.72 Å². The molecule has 0 amide bonds. The van der Waals surface area contributed by atoms with Crippen LogP contribution in [0.5, 0.6) is 5.75 Å². The molecule has 0 heterocycles. The number of nitrogens with one attached hydrogen (secondary N) is 1. The number of hydrogen-bond acceptors (Lipinski definition) is 5. The molecule has 8 heteroatoms. The molecule has 2 aromatic carbocycles. The van der Waals surface area contributed by atoms with Gasteiger partial charge in [0.15, 0.2) is 0 Å². The summed E-state index contributed by atoms with van der Waals surface area (Å²) in [4.78, 5) is 10.9. The molecule has 0 saturated heterocycles. The summed E-state index contributed by atoms with van der Waals surface area (Å²) >= 11 is 0. The molecule has 0 spiro atoms. The lowest BCUT2D eigenvalue weighted by Gasteiger charge is -2.13. The minimum atomic E-state index is -4.27. The smallest absolute Gasteiger partial charge is 0.337 e. The molecule has 2 rings (SSSR count). The van der Waals surface area contributed by atoms with Crippen LogP contribution in [0, 0.1) is 12.7 Å². The number of ether oxygens (including phenoxy) is 2. The first kappa shape index (κ1) is 17.7. The number of methoxy groups -OCH3 is 2. The van der Waals surface area contributed by atoms with Crippen molar-refractivity contribution in [2.75, 3.05) is 18.9 Å². The Bertz CT molecular complexity index is 880. The van der Waals surface area contributed by atoms with Gasteiger partial charge < -0.3 is 9.47 Å². The van der Waals surface area contributed by atoms with E-state index >= 15 is 0 Å². The Labute approximate surface area is 139 Å². The molecule has 0 aliphatic rings. The SMILES string of the molecule is COC(=O)c1ccc(F)c(S(=O)(=O)Nc2cc(C)ccc2OC)c1. The second-order valence-electron chi connectivity index (χ2n) is 4.95. The van der Waals surface area contributed by atoms with Gasteiger partial charge in [0.25, 0.3) is 10.0 Å². The summed E-state index contributed by atoms with van der Waals surface area (Å²) < 4.78 is 50.9. The highest BCUT2D eigenvalue weighted by Gasteiger charge is 2.23. The maximum Gasteiger partial charge on any atom is 0.337 e. The molecular weight excluding hydrogens is 337 g/mol. The second-order valence-corrected chi connectivity index (χ2v) is 6.60. The van der Waals surface area contributed by atoms with Crippen molar-refractivity contribution in [2.24, 2.45) is 0 Å². The quantitative estimate of drug-likeness (QED) is 0.836. The number of halogens is 1. The van der Waals surface area contributed by atoms with Crippen molar-refractivity contribution < 1.29 is 27.1 Å². The van der Waals surface area contributed by atoms with Gasteiger partial charge in [-0.1, -0.05) is 6.07 Å². The molecule has 0 aromatic heterocycles. The fourth-order valence-corrected chi connectivity index (χ4v) is 3.22. The Kier molecular flexibility index (Phi) is 5.08. The Morgan fingerprint density at radius 3 is 2.46 bits per heavy atom. The van der Waals surface area contributed by atoms with E-state index in [0.717, 1.165) is 30.9 Å². The lowest BCUT2D eigenvalue weighted by atomic mass is 10.2. The van der Waals surface area contributed by atoms with E-state index in [1.54, 1.807) is 25.1 Å². The molecule has 6 nitrogen and oxygen atoms in total. The minimum Gasteiger partial charge on any atom is -0.495 e. The zero-order chi connectivity index (χ0) is 17.9. The van der Waals surface area contributed by atoms with E-state index in [1.807, 2.05) is 0 Å². The monoisotopic (exact) mass is 353 g/mol. The normalized spacial score (nSPS) is 11.0. The fraction of sp³-hybridized carbons (Fsp3) is 0.188. The van der Waals surface area contributed by atoms with Gasteiger partial charge in [0, 0.05) is 0 Å². The topological polar surface area (TPSA) is 81.7 Å². The summed E-state index contributed by atoms with van der Waals surface area (Å²) in [6.07, 6.45) is 0. The largest absolute Gasteiger partial charge is 0.495 e. The Hall–Kier alpha value is -2.61. The average molecular weight is 353 g/mol. The van der Waals surface area contributed by atoms with Crippen LogP contribution in [0.3, 0.4) is 0 Å². The summed E-state index contributed by atoms with van der Waals surface area (Å²) in [5, 5.41) is 0. The number of rotatable bonds is 5. The van der Waals surface area contributed by atoms with Crippen molar-refractivity contribution in [2.45, 2.75) is 11.8 Å². The number of hydrogen-bond donors (Lipinski definition) is 1. The van der Waals surface area contributed by atoms with E-state index in [1.165, 1.54) is 7.11 Å². The van der Waals surface area contributed by atoms with Crippen molar-refractivity contribution >= 4 is 21.7 Å². The third-order valence-corrected chi connectivity index (χ3v) is 4.62. The van der Waals surface area contributed by atoms with Crippen LogP contribution >= 0.6 is 0 Å². The van der Waals surface area contributed by atoms with E-state index < -0.39 is 26.7 Å². The molecule has 24 heavy (non-hydrogen) atoms. The highest BCUT2D eigenvalue weighted by Crippen LogP contribution is 2.28. The van der Waals surface area contributed by atoms with Crippen LogP contribution in [-0.2, 0) is 14.8 Å². The van der Waals surface area contributed by atoms with E-state index in [9.17, 15) is 17.6 Å². The lowest BCUT2D eigenvalue weighted by molar-refractivity contribution is 0.0600. The van der Waals surface area contributed by atoms with Gasteiger partial charge in [0.2, 0.25) is 0 Å². The van der Waals surface area contributed by atoms with Crippen molar-refractivity contribution in [1.29, 1.82) is 0 Å². The van der Waals surface area contributed by atoms with Crippen LogP contribution in [0.1, 0.15) is 15.9 Å². The summed E-state index contributed by atoms with van der Waals surface area (Å²) in [6, 6.07) is 7.86. The Balaban J connectivity index is 2.48. The number of anilines is 1. The van der Waals surface area contributed by atoms with Gasteiger partial charge in [-0.15, -0.1) is 0 Å². The predicted octanol–water partition coefficient (Wildman–Crippen LogP) is 2.73. The Morgan fingerprint density at radius 2 is 1.83 bits per heavy atom. The van der Waals surface area contributed by atoms with E-state index in [-0.39, 0.29) is 17.0 Å². The van der Waals surface area contributed by atoms with Crippen molar-refractivity contribution in [3.8, 4) is 5.75 Å². The molecule has 1 N–H and O–H groups in total. The molecule has 2 aromatic rings. The third kappa shape index (κ3) is 3.65. The molecule has 0 bridgehead atoms. The molecule has 0 aliphatic heterocycles. The first-order chi connectivity index (χ1) is 11.3. The van der Waals surface area contributed by atoms with Crippen LogP contribution in [0.15, 0.2) is 41.3 Å². The minimum absolute atomic E-state index is 0.0736. The van der Waals surface area contributed by atoms with Gasteiger partial charge in [-0.2, -0.15) is 0 Å². The zero-order valence-electron chi connectivity index (χ0n) is 13.3. The zero-order valence-corrected chi connectivity index (χ0v) is 14.1. The van der Waals surface area contributed by atoms with Crippen molar-refractivity contribution in [1.82, 2.24) is 0 Å². The maximum absolute atomic E-state index is 14.0. The van der Waals surface area contributed by atoms with Gasteiger partial charge in [-0.25, -0.2) is 17.6 Å².